The van der Waals surface area contributed by atoms with Crippen molar-refractivity contribution >= 4 is 21.9 Å². The van der Waals surface area contributed by atoms with Crippen molar-refractivity contribution in [2.45, 2.75) is 12.8 Å². The number of carbonyl (C=O) groups is 1. The van der Waals surface area contributed by atoms with E-state index in [1.807, 2.05) is 30.3 Å². The molecule has 0 radical (unpaired) electrons. The summed E-state index contributed by atoms with van der Waals surface area (Å²) in [6, 6.07) is 9.69. The Morgan fingerprint density at radius 1 is 1.38 bits per heavy atom. The van der Waals surface area contributed by atoms with E-state index < -0.39 is 5.97 Å². The van der Waals surface area contributed by atoms with Crippen LogP contribution in [-0.2, 0) is 4.79 Å². The smallest absolute Gasteiger partial charge is 0.342 e. The lowest BCUT2D eigenvalue weighted by molar-refractivity contribution is -0.131. The zero-order chi connectivity index (χ0) is 11.8. The van der Waals surface area contributed by atoms with E-state index in [1.165, 1.54) is 0 Å². The van der Waals surface area contributed by atoms with Crippen molar-refractivity contribution in [1.29, 1.82) is 0 Å². The summed E-state index contributed by atoms with van der Waals surface area (Å²) in [6.45, 7) is 0. The minimum absolute atomic E-state index is 0.189. The van der Waals surface area contributed by atoms with E-state index in [2.05, 4.69) is 27.8 Å². The number of halogens is 1. The monoisotopic (exact) mass is 278 g/mol. The van der Waals surface area contributed by atoms with Crippen LogP contribution in [0.25, 0.3) is 0 Å². The topological polar surface area (TPSA) is 37.3 Å². The second-order valence-corrected chi connectivity index (χ2v) is 3.92. The van der Waals surface area contributed by atoms with E-state index in [0.29, 0.717) is 12.8 Å². The number of unbranched alkanes of at least 4 members (excludes halogenated alkanes) is 1. The molecular formula is C13H11BrO2. The molecule has 1 N–H and O–H groups in total. The van der Waals surface area contributed by atoms with Crippen LogP contribution in [0.3, 0.4) is 0 Å². The lowest BCUT2D eigenvalue weighted by Crippen LogP contribution is -1.92. The summed E-state index contributed by atoms with van der Waals surface area (Å²) in [4.78, 5) is 10.4. The molecule has 1 aromatic rings. The first-order valence-corrected chi connectivity index (χ1v) is 5.62. The van der Waals surface area contributed by atoms with E-state index in [-0.39, 0.29) is 4.48 Å². The highest BCUT2D eigenvalue weighted by atomic mass is 79.9. The predicted molar refractivity (Wildman–Crippen MR) is 67.2 cm³/mol. The molecule has 82 valence electrons. The van der Waals surface area contributed by atoms with Crippen molar-refractivity contribution < 1.29 is 9.90 Å². The first-order chi connectivity index (χ1) is 7.70. The average molecular weight is 279 g/mol. The van der Waals surface area contributed by atoms with Crippen LogP contribution in [0.2, 0.25) is 0 Å². The molecule has 0 saturated carbocycles. The molecule has 0 spiro atoms. The highest BCUT2D eigenvalue weighted by Crippen LogP contribution is 2.06. The van der Waals surface area contributed by atoms with Gasteiger partial charge in [0.05, 0.1) is 4.48 Å². The van der Waals surface area contributed by atoms with Crippen molar-refractivity contribution in [3.8, 4) is 11.8 Å². The summed E-state index contributed by atoms with van der Waals surface area (Å²) in [6.07, 6.45) is 2.89. The van der Waals surface area contributed by atoms with E-state index in [9.17, 15) is 4.79 Å². The van der Waals surface area contributed by atoms with Gasteiger partial charge in [-0.1, -0.05) is 36.1 Å². The summed E-state index contributed by atoms with van der Waals surface area (Å²) in [5, 5.41) is 8.57. The molecule has 0 fully saturated rings. The van der Waals surface area contributed by atoms with Gasteiger partial charge in [0.1, 0.15) is 0 Å². The third-order valence-electron chi connectivity index (χ3n) is 1.80. The normalized spacial score (nSPS) is 10.4. The molecule has 0 aromatic heterocycles. The number of allylic oxidation sites excluding steroid dienone is 1. The van der Waals surface area contributed by atoms with Crippen molar-refractivity contribution in [3.05, 3.63) is 46.5 Å². The standard InChI is InChI=1S/C13H11BrO2/c14-12(13(15)16)10-6-2-5-9-11-7-3-1-4-8-11/h1,3-4,7-8,10H,2,6H2,(H,15,16)/b12-10+. The van der Waals surface area contributed by atoms with Gasteiger partial charge in [0, 0.05) is 12.0 Å². The molecule has 0 heterocycles. The van der Waals surface area contributed by atoms with Gasteiger partial charge < -0.3 is 5.11 Å². The Kier molecular flexibility index (Phi) is 5.38. The molecule has 0 aliphatic carbocycles. The molecule has 0 amide bonds. The van der Waals surface area contributed by atoms with Crippen molar-refractivity contribution in [1.82, 2.24) is 0 Å². The van der Waals surface area contributed by atoms with Crippen molar-refractivity contribution in [2.24, 2.45) is 0 Å². The van der Waals surface area contributed by atoms with Gasteiger partial charge in [0.15, 0.2) is 0 Å². The van der Waals surface area contributed by atoms with Gasteiger partial charge in [-0.3, -0.25) is 0 Å². The SMILES string of the molecule is O=C(O)/C(Br)=C\CCC#Cc1ccccc1. The summed E-state index contributed by atoms with van der Waals surface area (Å²) in [5.41, 5.74) is 0.976. The maximum atomic E-state index is 10.4. The van der Waals surface area contributed by atoms with Gasteiger partial charge >= 0.3 is 5.97 Å². The number of carboxylic acids is 1. The number of hydrogen-bond donors (Lipinski definition) is 1. The molecule has 16 heavy (non-hydrogen) atoms. The number of benzene rings is 1. The minimum Gasteiger partial charge on any atom is -0.477 e. The highest BCUT2D eigenvalue weighted by Gasteiger charge is 1.99. The number of carboxylic acid groups (broad SMARTS) is 1. The van der Waals surface area contributed by atoms with E-state index in [4.69, 9.17) is 5.11 Å². The van der Waals surface area contributed by atoms with Gasteiger partial charge in [0.2, 0.25) is 0 Å². The van der Waals surface area contributed by atoms with Crippen LogP contribution in [-0.4, -0.2) is 11.1 Å². The van der Waals surface area contributed by atoms with Gasteiger partial charge in [-0.05, 0) is 34.5 Å². The number of aliphatic carboxylic acids is 1. The number of rotatable bonds is 3. The molecule has 0 unspecified atom stereocenters. The van der Waals surface area contributed by atoms with Crippen LogP contribution in [0.1, 0.15) is 18.4 Å². The van der Waals surface area contributed by atoms with E-state index in [1.54, 1.807) is 6.08 Å². The van der Waals surface area contributed by atoms with Gasteiger partial charge in [0.25, 0.3) is 0 Å². The summed E-state index contributed by atoms with van der Waals surface area (Å²) in [7, 11) is 0. The molecule has 2 nitrogen and oxygen atoms in total. The Balaban J connectivity index is 2.40. The Labute approximate surface area is 103 Å². The minimum atomic E-state index is -0.948. The van der Waals surface area contributed by atoms with E-state index >= 15 is 0 Å². The molecule has 0 aliphatic heterocycles. The third kappa shape index (κ3) is 4.81. The maximum Gasteiger partial charge on any atom is 0.342 e. The quantitative estimate of drug-likeness (QED) is 0.524. The molecule has 0 atom stereocenters. The highest BCUT2D eigenvalue weighted by molar-refractivity contribution is 9.12. The molecular weight excluding hydrogens is 268 g/mol. The second-order valence-electron chi connectivity index (χ2n) is 3.06. The fourth-order valence-electron chi connectivity index (χ4n) is 1.04. The first kappa shape index (κ1) is 12.5. The molecule has 1 aromatic carbocycles. The summed E-state index contributed by atoms with van der Waals surface area (Å²) >= 11 is 2.95. The summed E-state index contributed by atoms with van der Waals surface area (Å²) < 4.78 is 0.189. The van der Waals surface area contributed by atoms with Crippen LogP contribution < -0.4 is 0 Å². The average Bonchev–Trinajstić information content (AvgIpc) is 2.29. The molecule has 1 rings (SSSR count). The second kappa shape index (κ2) is 6.86. The third-order valence-corrected chi connectivity index (χ3v) is 2.47. The Hall–Kier alpha value is -1.53. The molecule has 0 bridgehead atoms. The van der Waals surface area contributed by atoms with Crippen LogP contribution in [0.4, 0.5) is 0 Å². The fraction of sp³-hybridized carbons (Fsp3) is 0.154. The lowest BCUT2D eigenvalue weighted by Gasteiger charge is -1.89. The largest absolute Gasteiger partial charge is 0.477 e. The van der Waals surface area contributed by atoms with Crippen LogP contribution in [0.15, 0.2) is 40.9 Å². The molecule has 3 heteroatoms. The zero-order valence-corrected chi connectivity index (χ0v) is 10.2. The Bertz CT molecular complexity index is 438. The lowest BCUT2D eigenvalue weighted by atomic mass is 10.2. The van der Waals surface area contributed by atoms with Crippen LogP contribution >= 0.6 is 15.9 Å². The molecule has 0 aliphatic rings. The van der Waals surface area contributed by atoms with Gasteiger partial charge in [-0.2, -0.15) is 0 Å². The zero-order valence-electron chi connectivity index (χ0n) is 8.61. The summed E-state index contributed by atoms with van der Waals surface area (Å²) in [5.74, 6) is 5.05. The maximum absolute atomic E-state index is 10.4. The van der Waals surface area contributed by atoms with Crippen LogP contribution in [0, 0.1) is 11.8 Å². The van der Waals surface area contributed by atoms with Gasteiger partial charge in [-0.25, -0.2) is 4.79 Å². The van der Waals surface area contributed by atoms with Crippen molar-refractivity contribution in [2.75, 3.05) is 0 Å². The van der Waals surface area contributed by atoms with Crippen LogP contribution in [0.5, 0.6) is 0 Å². The van der Waals surface area contributed by atoms with Gasteiger partial charge in [-0.15, -0.1) is 0 Å². The first-order valence-electron chi connectivity index (χ1n) is 4.83. The Morgan fingerprint density at radius 3 is 2.69 bits per heavy atom. The number of hydrogen-bond acceptors (Lipinski definition) is 1. The predicted octanol–water partition coefficient (Wildman–Crippen LogP) is 3.18. The van der Waals surface area contributed by atoms with E-state index in [0.717, 1.165) is 5.56 Å². The fourth-order valence-corrected chi connectivity index (χ4v) is 1.27. The Morgan fingerprint density at radius 2 is 2.06 bits per heavy atom. The molecule has 0 saturated heterocycles. The van der Waals surface area contributed by atoms with Crippen molar-refractivity contribution in [3.63, 3.8) is 0 Å².